The number of imidazole rings is 1. The van der Waals surface area contributed by atoms with Crippen molar-refractivity contribution in [1.29, 1.82) is 0 Å². The number of rotatable bonds is 4. The second-order valence-electron chi connectivity index (χ2n) is 4.01. The minimum Gasteiger partial charge on any atom is -0.496 e. The molecule has 4 nitrogen and oxygen atoms in total. The highest BCUT2D eigenvalue weighted by molar-refractivity contribution is 5.65. The predicted octanol–water partition coefficient (Wildman–Crippen LogP) is 1.95. The molecule has 0 aliphatic carbocycles. The van der Waals surface area contributed by atoms with Crippen LogP contribution in [-0.2, 0) is 13.6 Å². The third kappa shape index (κ3) is 2.22. The largest absolute Gasteiger partial charge is 0.496 e. The van der Waals surface area contributed by atoms with Gasteiger partial charge in [-0.3, -0.25) is 0 Å². The van der Waals surface area contributed by atoms with Crippen LogP contribution in [0.4, 0.5) is 4.39 Å². The van der Waals surface area contributed by atoms with E-state index in [1.807, 2.05) is 18.7 Å². The van der Waals surface area contributed by atoms with E-state index in [9.17, 15) is 4.39 Å². The lowest BCUT2D eigenvalue weighted by atomic mass is 10.2. The monoisotopic (exact) mass is 249 g/mol. The van der Waals surface area contributed by atoms with Crippen LogP contribution in [0.1, 0.15) is 5.69 Å². The number of methoxy groups -OCH3 is 1. The Hall–Kier alpha value is -1.88. The van der Waals surface area contributed by atoms with Gasteiger partial charge in [-0.1, -0.05) is 0 Å². The van der Waals surface area contributed by atoms with Crippen molar-refractivity contribution < 1.29 is 9.13 Å². The van der Waals surface area contributed by atoms with Crippen LogP contribution in [0, 0.1) is 5.82 Å². The van der Waals surface area contributed by atoms with Crippen molar-refractivity contribution in [2.75, 3.05) is 14.2 Å². The van der Waals surface area contributed by atoms with Crippen molar-refractivity contribution in [3.63, 3.8) is 0 Å². The molecular weight excluding hydrogens is 233 g/mol. The number of hydrogen-bond donors (Lipinski definition) is 1. The molecule has 1 aromatic carbocycles. The van der Waals surface area contributed by atoms with Crippen molar-refractivity contribution in [3.05, 3.63) is 35.9 Å². The first-order valence-corrected chi connectivity index (χ1v) is 5.66. The Balaban J connectivity index is 2.51. The Morgan fingerprint density at radius 2 is 2.22 bits per heavy atom. The Morgan fingerprint density at radius 3 is 2.89 bits per heavy atom. The van der Waals surface area contributed by atoms with Gasteiger partial charge >= 0.3 is 0 Å². The molecule has 2 aromatic rings. The minimum absolute atomic E-state index is 0.302. The van der Waals surface area contributed by atoms with E-state index in [-0.39, 0.29) is 5.82 Å². The molecule has 0 amide bonds. The zero-order valence-corrected chi connectivity index (χ0v) is 10.7. The number of ether oxygens (including phenoxy) is 1. The molecule has 18 heavy (non-hydrogen) atoms. The number of benzene rings is 1. The SMILES string of the molecule is CNCc1cnc(-c2cc(F)ccc2OC)n1C. The predicted molar refractivity (Wildman–Crippen MR) is 67.9 cm³/mol. The summed E-state index contributed by atoms with van der Waals surface area (Å²) in [6.45, 7) is 0.709. The van der Waals surface area contributed by atoms with Gasteiger partial charge in [-0.2, -0.15) is 0 Å². The second-order valence-corrected chi connectivity index (χ2v) is 4.01. The molecular formula is C13H16FN3O. The fourth-order valence-corrected chi connectivity index (χ4v) is 1.90. The summed E-state index contributed by atoms with van der Waals surface area (Å²) in [7, 11) is 5.34. The van der Waals surface area contributed by atoms with Gasteiger partial charge in [0.25, 0.3) is 0 Å². The average molecular weight is 249 g/mol. The molecule has 0 radical (unpaired) electrons. The summed E-state index contributed by atoms with van der Waals surface area (Å²) in [4.78, 5) is 4.33. The molecule has 1 aromatic heterocycles. The quantitative estimate of drug-likeness (QED) is 0.900. The van der Waals surface area contributed by atoms with Gasteiger partial charge in [0.2, 0.25) is 0 Å². The zero-order chi connectivity index (χ0) is 13.1. The molecule has 0 saturated carbocycles. The van der Waals surface area contributed by atoms with E-state index in [4.69, 9.17) is 4.74 Å². The Bertz CT molecular complexity index is 551. The Kier molecular flexibility index (Phi) is 3.62. The van der Waals surface area contributed by atoms with Gasteiger partial charge in [0, 0.05) is 13.6 Å². The van der Waals surface area contributed by atoms with Gasteiger partial charge in [-0.05, 0) is 25.2 Å². The van der Waals surface area contributed by atoms with Gasteiger partial charge in [0.15, 0.2) is 0 Å². The molecule has 5 heteroatoms. The van der Waals surface area contributed by atoms with Gasteiger partial charge in [-0.15, -0.1) is 0 Å². The molecule has 0 bridgehead atoms. The number of halogens is 1. The first-order valence-electron chi connectivity index (χ1n) is 5.66. The first kappa shape index (κ1) is 12.6. The van der Waals surface area contributed by atoms with Crippen LogP contribution in [-0.4, -0.2) is 23.7 Å². The van der Waals surface area contributed by atoms with Gasteiger partial charge in [0.05, 0.1) is 24.6 Å². The van der Waals surface area contributed by atoms with Gasteiger partial charge in [0.1, 0.15) is 17.4 Å². The van der Waals surface area contributed by atoms with E-state index in [1.165, 1.54) is 12.1 Å². The highest BCUT2D eigenvalue weighted by Gasteiger charge is 2.13. The third-order valence-corrected chi connectivity index (χ3v) is 2.84. The zero-order valence-electron chi connectivity index (χ0n) is 10.7. The summed E-state index contributed by atoms with van der Waals surface area (Å²) < 4.78 is 20.5. The van der Waals surface area contributed by atoms with Crippen molar-refractivity contribution in [3.8, 4) is 17.1 Å². The molecule has 0 aliphatic heterocycles. The highest BCUT2D eigenvalue weighted by Crippen LogP contribution is 2.29. The van der Waals surface area contributed by atoms with Crippen LogP contribution in [0.5, 0.6) is 5.75 Å². The van der Waals surface area contributed by atoms with E-state index in [0.29, 0.717) is 23.7 Å². The van der Waals surface area contributed by atoms with Crippen LogP contribution < -0.4 is 10.1 Å². The van der Waals surface area contributed by atoms with E-state index in [2.05, 4.69) is 10.3 Å². The number of hydrogen-bond acceptors (Lipinski definition) is 3. The Morgan fingerprint density at radius 1 is 1.44 bits per heavy atom. The molecule has 1 heterocycles. The molecule has 0 atom stereocenters. The average Bonchev–Trinajstić information content (AvgIpc) is 2.72. The summed E-state index contributed by atoms with van der Waals surface area (Å²) >= 11 is 0. The third-order valence-electron chi connectivity index (χ3n) is 2.84. The molecule has 2 rings (SSSR count). The van der Waals surface area contributed by atoms with Crippen LogP contribution >= 0.6 is 0 Å². The molecule has 0 unspecified atom stereocenters. The molecule has 96 valence electrons. The van der Waals surface area contributed by atoms with Crippen LogP contribution in [0.25, 0.3) is 11.4 Å². The van der Waals surface area contributed by atoms with E-state index in [1.54, 1.807) is 19.4 Å². The lowest BCUT2D eigenvalue weighted by Crippen LogP contribution is -2.09. The molecule has 0 fully saturated rings. The number of aromatic nitrogens is 2. The van der Waals surface area contributed by atoms with E-state index >= 15 is 0 Å². The van der Waals surface area contributed by atoms with Crippen LogP contribution in [0.15, 0.2) is 24.4 Å². The minimum atomic E-state index is -0.302. The van der Waals surface area contributed by atoms with Crippen molar-refractivity contribution in [2.24, 2.45) is 7.05 Å². The summed E-state index contributed by atoms with van der Waals surface area (Å²) in [6, 6.07) is 4.42. The molecule has 0 saturated heterocycles. The van der Waals surface area contributed by atoms with E-state index < -0.39 is 0 Å². The maximum atomic E-state index is 13.4. The number of nitrogens with zero attached hydrogens (tertiary/aromatic N) is 2. The highest BCUT2D eigenvalue weighted by atomic mass is 19.1. The van der Waals surface area contributed by atoms with E-state index in [0.717, 1.165) is 5.69 Å². The molecule has 1 N–H and O–H groups in total. The summed E-state index contributed by atoms with van der Waals surface area (Å²) in [5.74, 6) is 1.00. The smallest absolute Gasteiger partial charge is 0.143 e. The van der Waals surface area contributed by atoms with Crippen molar-refractivity contribution >= 4 is 0 Å². The van der Waals surface area contributed by atoms with Crippen molar-refractivity contribution in [1.82, 2.24) is 14.9 Å². The standard InChI is InChI=1S/C13H16FN3O/c1-15-7-10-8-16-13(17(10)2)11-6-9(14)4-5-12(11)18-3/h4-6,8,15H,7H2,1-3H3. The van der Waals surface area contributed by atoms with Crippen molar-refractivity contribution in [2.45, 2.75) is 6.54 Å². The summed E-state index contributed by atoms with van der Waals surface area (Å²) in [5.41, 5.74) is 1.68. The molecule has 0 spiro atoms. The lowest BCUT2D eigenvalue weighted by Gasteiger charge is -2.09. The summed E-state index contributed by atoms with van der Waals surface area (Å²) in [5, 5.41) is 3.06. The molecule has 0 aliphatic rings. The Labute approximate surface area is 105 Å². The maximum absolute atomic E-state index is 13.4. The van der Waals surface area contributed by atoms with Gasteiger partial charge < -0.3 is 14.6 Å². The summed E-state index contributed by atoms with van der Waals surface area (Å²) in [6.07, 6.45) is 1.77. The first-order chi connectivity index (χ1) is 8.67. The van der Waals surface area contributed by atoms with Crippen LogP contribution in [0.2, 0.25) is 0 Å². The normalized spacial score (nSPS) is 10.7. The second kappa shape index (κ2) is 5.18. The topological polar surface area (TPSA) is 39.1 Å². The van der Waals surface area contributed by atoms with Gasteiger partial charge in [-0.25, -0.2) is 9.37 Å². The lowest BCUT2D eigenvalue weighted by molar-refractivity contribution is 0.415. The van der Waals surface area contributed by atoms with Crippen LogP contribution in [0.3, 0.4) is 0 Å². The number of nitrogens with one attached hydrogen (secondary N) is 1. The fraction of sp³-hybridized carbons (Fsp3) is 0.308. The fourth-order valence-electron chi connectivity index (χ4n) is 1.90. The maximum Gasteiger partial charge on any atom is 0.143 e.